The molecular weight excluding hydrogens is 484 g/mol. The van der Waals surface area contributed by atoms with Gasteiger partial charge in [0.15, 0.2) is 0 Å². The minimum atomic E-state index is -0.270. The van der Waals surface area contributed by atoms with Crippen molar-refractivity contribution >= 4 is 34.7 Å². The normalized spacial score (nSPS) is 13.7. The molecule has 3 amide bonds. The van der Waals surface area contributed by atoms with Crippen LogP contribution >= 0.6 is 0 Å². The van der Waals surface area contributed by atoms with Gasteiger partial charge in [-0.3, -0.25) is 29.1 Å². The van der Waals surface area contributed by atoms with E-state index in [1.807, 2.05) is 19.1 Å². The van der Waals surface area contributed by atoms with Gasteiger partial charge in [-0.25, -0.2) is 0 Å². The summed E-state index contributed by atoms with van der Waals surface area (Å²) >= 11 is 0. The molecule has 10 nitrogen and oxygen atoms in total. The maximum absolute atomic E-state index is 12.7. The molecule has 0 saturated heterocycles. The molecule has 10 heteroatoms. The highest BCUT2D eigenvalue weighted by Gasteiger charge is 2.34. The summed E-state index contributed by atoms with van der Waals surface area (Å²) in [5, 5.41) is 3.49. The molecule has 1 aliphatic heterocycles. The van der Waals surface area contributed by atoms with Crippen molar-refractivity contribution in [2.24, 2.45) is 0 Å². The van der Waals surface area contributed by atoms with E-state index in [-0.39, 0.29) is 35.3 Å². The third-order valence-corrected chi connectivity index (χ3v) is 6.82. The Morgan fingerprint density at radius 3 is 2.39 bits per heavy atom. The monoisotopic (exact) mass is 512 g/mol. The number of anilines is 1. The Morgan fingerprint density at radius 2 is 1.71 bits per heavy atom. The summed E-state index contributed by atoms with van der Waals surface area (Å²) in [6.07, 6.45) is 4.30. The van der Waals surface area contributed by atoms with E-state index < -0.39 is 0 Å². The largest absolute Gasteiger partial charge is 0.369 e. The van der Waals surface area contributed by atoms with Gasteiger partial charge in [-0.15, -0.1) is 0 Å². The van der Waals surface area contributed by atoms with E-state index in [1.54, 1.807) is 42.6 Å². The minimum absolute atomic E-state index is 0.0712. The van der Waals surface area contributed by atoms with E-state index in [0.29, 0.717) is 60.0 Å². The Balaban J connectivity index is 1.10. The smallest absolute Gasteiger partial charge is 0.262 e. The van der Waals surface area contributed by atoms with Crippen molar-refractivity contribution < 1.29 is 14.4 Å². The first-order valence-corrected chi connectivity index (χ1v) is 12.5. The van der Waals surface area contributed by atoms with Gasteiger partial charge >= 0.3 is 0 Å². The lowest BCUT2D eigenvalue weighted by Crippen LogP contribution is -2.35. The standard InChI is InChI=1S/C28H28N6O4/c1-16(5-4-14-34-26(37)20-6-2-3-7-21(20)27(34)38)31-24(35)18-11-8-17(9-12-18)10-13-19-15-30-23-22(19)25(36)33-28(29)32-23/h2-3,6-9,11-12,15-16H,4-5,10,13-14H2,1H3,(H,31,35)(H4,29,30,32,33,36)/t16-/m1/s1. The highest BCUT2D eigenvalue weighted by atomic mass is 16.2. The number of H-pyrrole nitrogens is 2. The number of rotatable bonds is 9. The number of nitrogens with zero attached hydrogens (tertiary/aromatic N) is 2. The number of hydrogen-bond donors (Lipinski definition) is 4. The Hall–Kier alpha value is -4.73. The highest BCUT2D eigenvalue weighted by molar-refractivity contribution is 6.21. The SMILES string of the molecule is C[C@H](CCCN1C(=O)c2ccccc2C1=O)NC(=O)c1ccc(CCc2c[nH]c3nc(N)[nH]c(=O)c23)cc1. The van der Waals surface area contributed by atoms with Crippen LogP contribution in [0, 0.1) is 0 Å². The van der Waals surface area contributed by atoms with Crippen molar-refractivity contribution in [3.05, 3.63) is 92.9 Å². The topological polar surface area (TPSA) is 154 Å². The van der Waals surface area contributed by atoms with Crippen molar-refractivity contribution in [2.45, 2.75) is 38.6 Å². The fourth-order valence-electron chi connectivity index (χ4n) is 4.80. The number of aryl methyl sites for hydroxylation is 2. The molecule has 0 unspecified atom stereocenters. The molecule has 2 aromatic carbocycles. The second-order valence-electron chi connectivity index (χ2n) is 9.51. The molecule has 0 saturated carbocycles. The highest BCUT2D eigenvalue weighted by Crippen LogP contribution is 2.23. The zero-order valence-corrected chi connectivity index (χ0v) is 20.9. The Labute approximate surface area is 218 Å². The first-order chi connectivity index (χ1) is 18.3. The molecule has 0 spiro atoms. The average Bonchev–Trinajstić information content (AvgIpc) is 3.42. The number of nitrogens with two attached hydrogens (primary N) is 1. The van der Waals surface area contributed by atoms with Gasteiger partial charge in [0, 0.05) is 24.3 Å². The van der Waals surface area contributed by atoms with Gasteiger partial charge in [0.2, 0.25) is 5.95 Å². The second kappa shape index (κ2) is 10.3. The Kier molecular flexibility index (Phi) is 6.78. The lowest BCUT2D eigenvalue weighted by Gasteiger charge is -2.17. The first-order valence-electron chi connectivity index (χ1n) is 12.5. The minimum Gasteiger partial charge on any atom is -0.369 e. The van der Waals surface area contributed by atoms with Crippen LogP contribution < -0.4 is 16.6 Å². The molecule has 4 aromatic rings. The Morgan fingerprint density at radius 1 is 1.03 bits per heavy atom. The summed E-state index contributed by atoms with van der Waals surface area (Å²) in [6, 6.07) is 14.1. The summed E-state index contributed by atoms with van der Waals surface area (Å²) in [6.45, 7) is 2.22. The van der Waals surface area contributed by atoms with Gasteiger partial charge in [-0.05, 0) is 68.0 Å². The number of aromatic amines is 2. The third-order valence-electron chi connectivity index (χ3n) is 6.82. The molecule has 0 aliphatic carbocycles. The van der Waals surface area contributed by atoms with Gasteiger partial charge in [-0.2, -0.15) is 4.98 Å². The second-order valence-corrected chi connectivity index (χ2v) is 9.51. The molecule has 5 N–H and O–H groups in total. The van der Waals surface area contributed by atoms with Crippen LogP contribution in [0.5, 0.6) is 0 Å². The number of nitrogen functional groups attached to an aromatic ring is 1. The third kappa shape index (κ3) is 4.93. The zero-order chi connectivity index (χ0) is 26.8. The Bertz CT molecular complexity index is 1550. The van der Waals surface area contributed by atoms with Crippen LogP contribution in [0.15, 0.2) is 59.5 Å². The molecule has 0 fully saturated rings. The summed E-state index contributed by atoms with van der Waals surface area (Å²) < 4.78 is 0. The fourth-order valence-corrected chi connectivity index (χ4v) is 4.80. The number of amides is 3. The van der Waals surface area contributed by atoms with Crippen molar-refractivity contribution in [3.63, 3.8) is 0 Å². The number of nitrogens with one attached hydrogen (secondary N) is 3. The molecule has 194 valence electrons. The molecule has 0 radical (unpaired) electrons. The van der Waals surface area contributed by atoms with Crippen molar-refractivity contribution in [2.75, 3.05) is 12.3 Å². The van der Waals surface area contributed by atoms with Crippen molar-refractivity contribution in [1.82, 2.24) is 25.2 Å². The van der Waals surface area contributed by atoms with E-state index in [4.69, 9.17) is 5.73 Å². The fraction of sp³-hybridized carbons (Fsp3) is 0.250. The lowest BCUT2D eigenvalue weighted by atomic mass is 10.0. The summed E-state index contributed by atoms with van der Waals surface area (Å²) in [7, 11) is 0. The quantitative estimate of drug-likeness (QED) is 0.253. The molecule has 2 aromatic heterocycles. The average molecular weight is 513 g/mol. The van der Waals surface area contributed by atoms with Crippen LogP contribution in [0.3, 0.4) is 0 Å². The van der Waals surface area contributed by atoms with E-state index in [1.165, 1.54) is 4.90 Å². The number of aromatic nitrogens is 3. The number of benzene rings is 2. The zero-order valence-electron chi connectivity index (χ0n) is 20.9. The molecule has 0 bridgehead atoms. The maximum atomic E-state index is 12.7. The van der Waals surface area contributed by atoms with Gasteiger partial charge < -0.3 is 16.0 Å². The van der Waals surface area contributed by atoms with Crippen molar-refractivity contribution in [1.29, 1.82) is 0 Å². The van der Waals surface area contributed by atoms with E-state index >= 15 is 0 Å². The lowest BCUT2D eigenvalue weighted by molar-refractivity contribution is 0.0648. The molecule has 1 aliphatic rings. The number of carbonyl (C=O) groups is 3. The molecule has 1 atom stereocenters. The predicted molar refractivity (Wildman–Crippen MR) is 143 cm³/mol. The van der Waals surface area contributed by atoms with E-state index in [2.05, 4.69) is 20.3 Å². The van der Waals surface area contributed by atoms with Gasteiger partial charge in [0.25, 0.3) is 23.3 Å². The molecular formula is C28H28N6O4. The summed E-state index contributed by atoms with van der Waals surface area (Å²) in [5.74, 6) is -0.640. The van der Waals surface area contributed by atoms with Gasteiger partial charge in [0.1, 0.15) is 5.65 Å². The van der Waals surface area contributed by atoms with E-state index in [9.17, 15) is 19.2 Å². The summed E-state index contributed by atoms with van der Waals surface area (Å²) in [4.78, 5) is 60.8. The number of imide groups is 1. The predicted octanol–water partition coefficient (Wildman–Crippen LogP) is 2.81. The first kappa shape index (κ1) is 24.9. The molecule has 38 heavy (non-hydrogen) atoms. The number of fused-ring (bicyclic) bond motifs is 2. The van der Waals surface area contributed by atoms with Crippen LogP contribution in [0.25, 0.3) is 11.0 Å². The van der Waals surface area contributed by atoms with E-state index in [0.717, 1.165) is 11.1 Å². The van der Waals surface area contributed by atoms with Gasteiger partial charge in [0.05, 0.1) is 16.5 Å². The molecule has 3 heterocycles. The van der Waals surface area contributed by atoms with Crippen LogP contribution in [0.4, 0.5) is 5.95 Å². The summed E-state index contributed by atoms with van der Waals surface area (Å²) in [5.41, 5.74) is 9.11. The van der Waals surface area contributed by atoms with Crippen LogP contribution in [-0.4, -0.2) is 50.2 Å². The van der Waals surface area contributed by atoms with Crippen molar-refractivity contribution in [3.8, 4) is 0 Å². The van der Waals surface area contributed by atoms with Crippen LogP contribution in [0.2, 0.25) is 0 Å². The maximum Gasteiger partial charge on any atom is 0.262 e. The number of carbonyl (C=O) groups excluding carboxylic acids is 3. The van der Waals surface area contributed by atoms with Gasteiger partial charge in [-0.1, -0.05) is 24.3 Å². The molecule has 5 rings (SSSR count). The van der Waals surface area contributed by atoms with Crippen LogP contribution in [0.1, 0.15) is 62.0 Å². The van der Waals surface area contributed by atoms with Crippen LogP contribution in [-0.2, 0) is 12.8 Å². The number of hydrogen-bond acceptors (Lipinski definition) is 6.